The highest BCUT2D eigenvalue weighted by atomic mass is 32.1. The molecule has 92 valence electrons. The normalized spacial score (nSPS) is 25.6. The largest absolute Gasteiger partial charge is 0.307 e. The molecule has 2 aromatic heterocycles. The van der Waals surface area contributed by atoms with E-state index in [-0.39, 0.29) is 0 Å². The van der Waals surface area contributed by atoms with E-state index in [4.69, 9.17) is 0 Å². The van der Waals surface area contributed by atoms with E-state index in [0.29, 0.717) is 12.1 Å². The molecule has 1 saturated heterocycles. The number of rotatable bonds is 1. The van der Waals surface area contributed by atoms with Crippen LogP contribution in [0.25, 0.3) is 10.2 Å². The van der Waals surface area contributed by atoms with Crippen LogP contribution in [-0.2, 0) is 7.05 Å². The highest BCUT2D eigenvalue weighted by Crippen LogP contribution is 2.35. The van der Waals surface area contributed by atoms with Gasteiger partial charge in [0.05, 0.1) is 5.69 Å². The van der Waals surface area contributed by atoms with Crippen molar-refractivity contribution in [1.29, 1.82) is 0 Å². The zero-order valence-corrected chi connectivity index (χ0v) is 11.5. The number of hydrogen-bond acceptors (Lipinski definition) is 3. The molecule has 0 aromatic carbocycles. The summed E-state index contributed by atoms with van der Waals surface area (Å²) in [6.07, 6.45) is 3.91. The Morgan fingerprint density at radius 2 is 2.29 bits per heavy atom. The lowest BCUT2D eigenvalue weighted by Gasteiger charge is -2.27. The van der Waals surface area contributed by atoms with Crippen LogP contribution in [0.2, 0.25) is 0 Å². The van der Waals surface area contributed by atoms with Crippen LogP contribution in [-0.4, -0.2) is 15.8 Å². The quantitative estimate of drug-likeness (QED) is 0.841. The number of piperidine rings is 1. The fourth-order valence-electron chi connectivity index (χ4n) is 2.76. The molecule has 17 heavy (non-hydrogen) atoms. The van der Waals surface area contributed by atoms with Gasteiger partial charge in [0.25, 0.3) is 0 Å². The predicted octanol–water partition coefficient (Wildman–Crippen LogP) is 3.15. The number of nitrogens with one attached hydrogen (secondary N) is 1. The van der Waals surface area contributed by atoms with Crippen molar-refractivity contribution in [1.82, 2.24) is 15.1 Å². The molecule has 0 spiro atoms. The summed E-state index contributed by atoms with van der Waals surface area (Å²) in [6.45, 7) is 4.38. The third-order valence-electron chi connectivity index (χ3n) is 3.67. The molecule has 3 heterocycles. The van der Waals surface area contributed by atoms with Crippen molar-refractivity contribution in [3.63, 3.8) is 0 Å². The summed E-state index contributed by atoms with van der Waals surface area (Å²) in [5.41, 5.74) is 1.15. The van der Waals surface area contributed by atoms with Gasteiger partial charge in [0.15, 0.2) is 0 Å². The monoisotopic (exact) mass is 249 g/mol. The van der Waals surface area contributed by atoms with Crippen LogP contribution in [0.5, 0.6) is 0 Å². The number of aromatic nitrogens is 2. The lowest BCUT2D eigenvalue weighted by Crippen LogP contribution is -2.34. The lowest BCUT2D eigenvalue weighted by atomic mass is 9.98. The van der Waals surface area contributed by atoms with Crippen LogP contribution >= 0.6 is 11.3 Å². The summed E-state index contributed by atoms with van der Waals surface area (Å²) in [4.78, 5) is 2.78. The van der Waals surface area contributed by atoms with Gasteiger partial charge >= 0.3 is 0 Å². The van der Waals surface area contributed by atoms with E-state index in [1.807, 2.05) is 23.1 Å². The van der Waals surface area contributed by atoms with Crippen LogP contribution in [0, 0.1) is 6.92 Å². The maximum absolute atomic E-state index is 4.46. The van der Waals surface area contributed by atoms with Crippen molar-refractivity contribution in [3.8, 4) is 0 Å². The highest BCUT2D eigenvalue weighted by molar-refractivity contribution is 7.18. The average molecular weight is 249 g/mol. The second-order valence-electron chi connectivity index (χ2n) is 5.13. The number of fused-ring (bicyclic) bond motifs is 1. The Morgan fingerprint density at radius 1 is 1.47 bits per heavy atom. The smallest absolute Gasteiger partial charge is 0.121 e. The van der Waals surface area contributed by atoms with Gasteiger partial charge in [-0.05, 0) is 39.2 Å². The fourth-order valence-corrected chi connectivity index (χ4v) is 3.98. The first-order valence-corrected chi connectivity index (χ1v) is 7.16. The van der Waals surface area contributed by atoms with Crippen molar-refractivity contribution in [3.05, 3.63) is 16.6 Å². The maximum Gasteiger partial charge on any atom is 0.121 e. The van der Waals surface area contributed by atoms with Crippen molar-refractivity contribution in [2.75, 3.05) is 0 Å². The third kappa shape index (κ3) is 1.89. The molecular weight excluding hydrogens is 230 g/mol. The summed E-state index contributed by atoms with van der Waals surface area (Å²) >= 11 is 1.89. The lowest BCUT2D eigenvalue weighted by molar-refractivity contribution is 0.345. The molecule has 0 radical (unpaired) electrons. The topological polar surface area (TPSA) is 29.9 Å². The van der Waals surface area contributed by atoms with Crippen LogP contribution in [0.3, 0.4) is 0 Å². The zero-order valence-electron chi connectivity index (χ0n) is 10.7. The van der Waals surface area contributed by atoms with Gasteiger partial charge in [-0.2, -0.15) is 5.10 Å². The van der Waals surface area contributed by atoms with E-state index in [0.717, 1.165) is 5.69 Å². The molecule has 0 bridgehead atoms. The first kappa shape index (κ1) is 11.2. The van der Waals surface area contributed by atoms with E-state index in [2.05, 4.69) is 30.3 Å². The van der Waals surface area contributed by atoms with Crippen LogP contribution in [0.4, 0.5) is 0 Å². The summed E-state index contributed by atoms with van der Waals surface area (Å²) < 4.78 is 2.01. The van der Waals surface area contributed by atoms with Gasteiger partial charge in [0.1, 0.15) is 4.83 Å². The molecule has 1 aliphatic heterocycles. The predicted molar refractivity (Wildman–Crippen MR) is 72.5 cm³/mol. The molecule has 1 aliphatic rings. The van der Waals surface area contributed by atoms with Gasteiger partial charge in [0, 0.05) is 29.4 Å². The van der Waals surface area contributed by atoms with E-state index in [1.54, 1.807) is 0 Å². The number of nitrogens with zero attached hydrogens (tertiary/aromatic N) is 2. The molecule has 3 rings (SSSR count). The summed E-state index contributed by atoms with van der Waals surface area (Å²) in [7, 11) is 2.03. The van der Waals surface area contributed by atoms with Gasteiger partial charge in [-0.25, -0.2) is 0 Å². The molecule has 1 N–H and O–H groups in total. The van der Waals surface area contributed by atoms with Crippen LogP contribution < -0.4 is 5.32 Å². The Morgan fingerprint density at radius 3 is 3.00 bits per heavy atom. The van der Waals surface area contributed by atoms with Crippen molar-refractivity contribution in [2.45, 2.75) is 45.2 Å². The standard InChI is InChI=1S/C13H19N3S/c1-8-5-4-6-11(14-8)12-7-10-9(2)15-16(3)13(10)17-12/h7-8,11,14H,4-6H2,1-3H3. The van der Waals surface area contributed by atoms with Crippen molar-refractivity contribution >= 4 is 21.6 Å². The van der Waals surface area contributed by atoms with Crippen molar-refractivity contribution < 1.29 is 0 Å². The summed E-state index contributed by atoms with van der Waals surface area (Å²) in [5.74, 6) is 0. The molecule has 2 atom stereocenters. The van der Waals surface area contributed by atoms with Crippen LogP contribution in [0.15, 0.2) is 6.07 Å². The van der Waals surface area contributed by atoms with Gasteiger partial charge < -0.3 is 5.32 Å². The van der Waals surface area contributed by atoms with Gasteiger partial charge in [-0.3, -0.25) is 4.68 Å². The Hall–Kier alpha value is -0.870. The van der Waals surface area contributed by atoms with Crippen molar-refractivity contribution in [2.24, 2.45) is 7.05 Å². The first-order chi connectivity index (χ1) is 8.15. The molecule has 4 heteroatoms. The Bertz CT molecular complexity index is 506. The van der Waals surface area contributed by atoms with Gasteiger partial charge in [-0.1, -0.05) is 0 Å². The molecule has 0 saturated carbocycles. The first-order valence-electron chi connectivity index (χ1n) is 6.34. The van der Waals surface area contributed by atoms with E-state index < -0.39 is 0 Å². The second-order valence-corrected chi connectivity index (χ2v) is 6.19. The molecule has 3 nitrogen and oxygen atoms in total. The third-order valence-corrected chi connectivity index (χ3v) is 4.99. The second kappa shape index (κ2) is 4.10. The minimum atomic E-state index is 0.551. The molecular formula is C13H19N3S. The van der Waals surface area contributed by atoms with E-state index in [1.165, 1.54) is 34.4 Å². The molecule has 0 aliphatic carbocycles. The number of hydrogen-bond donors (Lipinski definition) is 1. The zero-order chi connectivity index (χ0) is 12.0. The highest BCUT2D eigenvalue weighted by Gasteiger charge is 2.22. The Kier molecular flexibility index (Phi) is 2.71. The molecule has 0 amide bonds. The molecule has 2 unspecified atom stereocenters. The Balaban J connectivity index is 1.97. The van der Waals surface area contributed by atoms with Crippen LogP contribution in [0.1, 0.15) is 42.8 Å². The minimum absolute atomic E-state index is 0.551. The summed E-state index contributed by atoms with van der Waals surface area (Å²) in [5, 5.41) is 9.49. The summed E-state index contributed by atoms with van der Waals surface area (Å²) in [6, 6.07) is 3.53. The van der Waals surface area contributed by atoms with E-state index >= 15 is 0 Å². The SMILES string of the molecule is Cc1nn(C)c2sc(C3CCCC(C)N3)cc12. The average Bonchev–Trinajstić information content (AvgIpc) is 2.82. The van der Waals surface area contributed by atoms with E-state index in [9.17, 15) is 0 Å². The minimum Gasteiger partial charge on any atom is -0.307 e. The molecule has 2 aromatic rings. The number of aryl methyl sites for hydroxylation is 2. The maximum atomic E-state index is 4.46. The van der Waals surface area contributed by atoms with Gasteiger partial charge in [-0.15, -0.1) is 11.3 Å². The molecule has 1 fully saturated rings. The number of thiophene rings is 1. The fraction of sp³-hybridized carbons (Fsp3) is 0.615. The Labute approximate surface area is 106 Å². The van der Waals surface area contributed by atoms with Gasteiger partial charge in [0.2, 0.25) is 0 Å².